The third-order valence-corrected chi connectivity index (χ3v) is 5.10. The van der Waals surface area contributed by atoms with Gasteiger partial charge in [0.2, 0.25) is 0 Å². The van der Waals surface area contributed by atoms with Crippen molar-refractivity contribution in [3.8, 4) is 0 Å². The predicted octanol–water partition coefficient (Wildman–Crippen LogP) is 3.89. The Kier molecular flexibility index (Phi) is 4.32. The third kappa shape index (κ3) is 3.08. The van der Waals surface area contributed by atoms with E-state index in [4.69, 9.17) is 9.57 Å². The van der Waals surface area contributed by atoms with Gasteiger partial charge in [-0.3, -0.25) is 9.63 Å². The first-order valence-electron chi connectivity index (χ1n) is 8.95. The minimum atomic E-state index is -0.387. The van der Waals surface area contributed by atoms with Gasteiger partial charge in [-0.15, -0.1) is 0 Å². The van der Waals surface area contributed by atoms with Gasteiger partial charge < -0.3 is 4.74 Å². The van der Waals surface area contributed by atoms with Crippen molar-refractivity contribution in [1.29, 1.82) is 0 Å². The topological polar surface area (TPSA) is 38.8 Å². The molecule has 1 saturated heterocycles. The summed E-state index contributed by atoms with van der Waals surface area (Å²) in [5.74, 6) is -0.428. The fourth-order valence-corrected chi connectivity index (χ4v) is 3.81. The maximum Gasteiger partial charge on any atom is 0.314 e. The van der Waals surface area contributed by atoms with Crippen LogP contribution in [-0.4, -0.2) is 23.2 Å². The molecule has 1 heterocycles. The summed E-state index contributed by atoms with van der Waals surface area (Å²) < 4.78 is 5.41. The first-order valence-corrected chi connectivity index (χ1v) is 8.95. The number of nitrogens with zero attached hydrogens (tertiary/aromatic N) is 1. The van der Waals surface area contributed by atoms with Crippen LogP contribution in [0.5, 0.6) is 0 Å². The van der Waals surface area contributed by atoms with Gasteiger partial charge >= 0.3 is 5.97 Å². The Labute approximate surface area is 148 Å². The van der Waals surface area contributed by atoms with Gasteiger partial charge in [-0.2, -0.15) is 5.06 Å². The number of hydrogen-bond acceptors (Lipinski definition) is 4. The van der Waals surface area contributed by atoms with Crippen molar-refractivity contribution in [3.63, 3.8) is 0 Å². The molecule has 2 aromatic carbocycles. The first-order chi connectivity index (χ1) is 12.2. The van der Waals surface area contributed by atoms with Crippen LogP contribution < -0.4 is 0 Å². The second kappa shape index (κ2) is 6.62. The summed E-state index contributed by atoms with van der Waals surface area (Å²) in [4.78, 5) is 19.1. The number of hydroxylamine groups is 2. The van der Waals surface area contributed by atoms with Crippen LogP contribution in [0.15, 0.2) is 60.7 Å². The highest BCUT2D eigenvalue weighted by atomic mass is 16.7. The summed E-state index contributed by atoms with van der Waals surface area (Å²) in [7, 11) is 0. The highest BCUT2D eigenvalue weighted by Crippen LogP contribution is 2.58. The second-order valence-electron chi connectivity index (χ2n) is 6.80. The molecule has 0 radical (unpaired) electrons. The van der Waals surface area contributed by atoms with Gasteiger partial charge in [0.25, 0.3) is 0 Å². The van der Waals surface area contributed by atoms with Crippen molar-refractivity contribution in [1.82, 2.24) is 5.06 Å². The lowest BCUT2D eigenvalue weighted by Crippen LogP contribution is -2.32. The summed E-state index contributed by atoms with van der Waals surface area (Å²) in [6.45, 7) is 2.90. The second-order valence-corrected chi connectivity index (χ2v) is 6.80. The number of carbonyl (C=O) groups excluding carboxylic acids is 1. The quantitative estimate of drug-likeness (QED) is 0.776. The minimum Gasteiger partial charge on any atom is -0.466 e. The van der Waals surface area contributed by atoms with Gasteiger partial charge in [0.05, 0.1) is 12.6 Å². The molecule has 1 saturated carbocycles. The molecule has 4 heteroatoms. The predicted molar refractivity (Wildman–Crippen MR) is 94.3 cm³/mol. The van der Waals surface area contributed by atoms with Gasteiger partial charge in [-0.05, 0) is 30.9 Å². The van der Waals surface area contributed by atoms with Crippen molar-refractivity contribution in [3.05, 3.63) is 71.8 Å². The average molecular weight is 337 g/mol. The summed E-state index contributed by atoms with van der Waals surface area (Å²) in [6, 6.07) is 20.3. The van der Waals surface area contributed by atoms with Crippen molar-refractivity contribution in [2.45, 2.75) is 38.0 Å². The highest BCUT2D eigenvalue weighted by molar-refractivity contribution is 5.76. The lowest BCUT2D eigenvalue weighted by molar-refractivity contribution is -0.181. The molecule has 1 aliphatic heterocycles. The molecule has 4 rings (SSSR count). The van der Waals surface area contributed by atoms with Gasteiger partial charge in [0, 0.05) is 6.54 Å². The summed E-state index contributed by atoms with van der Waals surface area (Å²) in [5.41, 5.74) is 1.88. The van der Waals surface area contributed by atoms with E-state index < -0.39 is 0 Å². The summed E-state index contributed by atoms with van der Waals surface area (Å²) >= 11 is 0. The molecule has 0 N–H and O–H groups in total. The summed E-state index contributed by atoms with van der Waals surface area (Å²) in [6.07, 6.45) is 1.82. The molecule has 0 aromatic heterocycles. The number of carbonyl (C=O) groups is 1. The van der Waals surface area contributed by atoms with Crippen LogP contribution in [0.4, 0.5) is 0 Å². The Morgan fingerprint density at radius 1 is 1.12 bits per heavy atom. The Hall–Kier alpha value is -2.17. The highest BCUT2D eigenvalue weighted by Gasteiger charge is 2.65. The van der Waals surface area contributed by atoms with E-state index >= 15 is 0 Å². The lowest BCUT2D eigenvalue weighted by atomic mass is 9.88. The molecule has 0 amide bonds. The van der Waals surface area contributed by atoms with Crippen LogP contribution in [0.2, 0.25) is 0 Å². The number of esters is 1. The molecule has 2 aromatic rings. The zero-order valence-corrected chi connectivity index (χ0v) is 14.4. The largest absolute Gasteiger partial charge is 0.466 e. The van der Waals surface area contributed by atoms with Crippen LogP contribution in [0, 0.1) is 5.92 Å². The maximum absolute atomic E-state index is 12.8. The van der Waals surface area contributed by atoms with E-state index in [0.717, 1.165) is 18.4 Å². The molecule has 2 atom stereocenters. The van der Waals surface area contributed by atoms with Gasteiger partial charge in [0.1, 0.15) is 11.5 Å². The van der Waals surface area contributed by atoms with Gasteiger partial charge in [-0.25, -0.2) is 0 Å². The van der Waals surface area contributed by atoms with Crippen molar-refractivity contribution >= 4 is 5.97 Å². The van der Waals surface area contributed by atoms with E-state index in [-0.39, 0.29) is 23.5 Å². The number of ether oxygens (including phenoxy) is 1. The Morgan fingerprint density at radius 2 is 1.76 bits per heavy atom. The number of rotatable bonds is 5. The SMILES string of the molecule is CCOC(=O)[C@H]1[C@H](c2ccccc2)N(Cc2ccccc2)OC12CC2. The van der Waals surface area contributed by atoms with E-state index in [2.05, 4.69) is 24.3 Å². The molecule has 2 fully saturated rings. The fourth-order valence-electron chi connectivity index (χ4n) is 3.81. The lowest BCUT2D eigenvalue weighted by Gasteiger charge is -2.25. The van der Waals surface area contributed by atoms with Crippen LogP contribution in [0.25, 0.3) is 0 Å². The zero-order valence-electron chi connectivity index (χ0n) is 14.4. The van der Waals surface area contributed by atoms with E-state index in [1.165, 1.54) is 5.56 Å². The number of benzene rings is 2. The van der Waals surface area contributed by atoms with Crippen molar-refractivity contribution in [2.24, 2.45) is 5.92 Å². The molecule has 25 heavy (non-hydrogen) atoms. The average Bonchev–Trinajstić information content (AvgIpc) is 3.32. The Bertz CT molecular complexity index is 727. The van der Waals surface area contributed by atoms with E-state index in [1.807, 2.05) is 48.4 Å². The normalized spacial score (nSPS) is 24.4. The molecule has 0 bridgehead atoms. The molecule has 1 aliphatic carbocycles. The smallest absolute Gasteiger partial charge is 0.314 e. The monoisotopic (exact) mass is 337 g/mol. The van der Waals surface area contributed by atoms with E-state index in [1.54, 1.807) is 0 Å². The van der Waals surface area contributed by atoms with Gasteiger partial charge in [0.15, 0.2) is 0 Å². The van der Waals surface area contributed by atoms with Gasteiger partial charge in [-0.1, -0.05) is 60.7 Å². The maximum atomic E-state index is 12.8. The standard InChI is InChI=1S/C21H23NO3/c1-2-24-20(23)18-19(17-11-7-4-8-12-17)22(25-21(18)13-14-21)15-16-9-5-3-6-10-16/h3-12,18-19H,2,13-15H2,1H3/t18-,19+/m1/s1. The number of hydrogen-bond donors (Lipinski definition) is 0. The van der Waals surface area contributed by atoms with E-state index in [0.29, 0.717) is 13.2 Å². The fraction of sp³-hybridized carbons (Fsp3) is 0.381. The Morgan fingerprint density at radius 3 is 2.36 bits per heavy atom. The van der Waals surface area contributed by atoms with Crippen LogP contribution >= 0.6 is 0 Å². The zero-order chi connectivity index (χ0) is 17.3. The van der Waals surface area contributed by atoms with Crippen LogP contribution in [0.3, 0.4) is 0 Å². The van der Waals surface area contributed by atoms with Crippen LogP contribution in [0.1, 0.15) is 36.9 Å². The minimum absolute atomic E-state index is 0.122. The van der Waals surface area contributed by atoms with Crippen LogP contribution in [-0.2, 0) is 20.9 Å². The van der Waals surface area contributed by atoms with Crippen molar-refractivity contribution in [2.75, 3.05) is 6.61 Å². The molecular formula is C21H23NO3. The molecule has 1 spiro atoms. The summed E-state index contributed by atoms with van der Waals surface area (Å²) in [5, 5.41) is 1.99. The molecule has 0 unspecified atom stereocenters. The third-order valence-electron chi connectivity index (χ3n) is 5.10. The molecule has 2 aliphatic rings. The molecule has 130 valence electrons. The molecule has 4 nitrogen and oxygen atoms in total. The molecular weight excluding hydrogens is 314 g/mol. The van der Waals surface area contributed by atoms with Crippen molar-refractivity contribution < 1.29 is 14.4 Å². The Balaban J connectivity index is 1.69. The first kappa shape index (κ1) is 16.3. The van der Waals surface area contributed by atoms with E-state index in [9.17, 15) is 4.79 Å².